The summed E-state index contributed by atoms with van der Waals surface area (Å²) in [5.41, 5.74) is 6.49. The summed E-state index contributed by atoms with van der Waals surface area (Å²) < 4.78 is 5.37. The molecule has 3 nitrogen and oxygen atoms in total. The molecule has 29 heavy (non-hydrogen) atoms. The van der Waals surface area contributed by atoms with Crippen LogP contribution in [0.5, 0.6) is 5.75 Å². The molecular formula is C25H23ClN2O. The molecule has 0 bridgehead atoms. The molecule has 0 fully saturated rings. The normalized spacial score (nSPS) is 16.7. The Hall–Kier alpha value is -2.75. The van der Waals surface area contributed by atoms with Gasteiger partial charge in [-0.2, -0.15) is 0 Å². The Bertz CT molecular complexity index is 1130. The summed E-state index contributed by atoms with van der Waals surface area (Å²) in [4.78, 5) is 6.27. The maximum absolute atomic E-state index is 6.09. The van der Waals surface area contributed by atoms with Gasteiger partial charge in [-0.1, -0.05) is 54.1 Å². The number of ether oxygens (including phenoxy) is 1. The summed E-state index contributed by atoms with van der Waals surface area (Å²) in [6, 6.07) is 25.4. The smallest absolute Gasteiger partial charge is 0.118 e. The summed E-state index contributed by atoms with van der Waals surface area (Å²) in [7, 11) is 1.71. The molecular weight excluding hydrogens is 380 g/mol. The van der Waals surface area contributed by atoms with Crippen LogP contribution in [0.3, 0.4) is 0 Å². The van der Waals surface area contributed by atoms with E-state index < -0.39 is 0 Å². The highest BCUT2D eigenvalue weighted by atomic mass is 35.5. The molecule has 3 aromatic carbocycles. The molecule has 1 N–H and O–H groups in total. The molecule has 0 saturated carbocycles. The van der Waals surface area contributed by atoms with Crippen molar-refractivity contribution in [3.05, 3.63) is 100 Å². The van der Waals surface area contributed by atoms with Crippen molar-refractivity contribution < 1.29 is 4.74 Å². The maximum atomic E-state index is 6.09. The molecule has 1 aromatic heterocycles. The predicted octanol–water partition coefficient (Wildman–Crippen LogP) is 5.98. The fourth-order valence-corrected chi connectivity index (χ4v) is 4.58. The van der Waals surface area contributed by atoms with Crippen molar-refractivity contribution in [3.63, 3.8) is 0 Å². The quantitative estimate of drug-likeness (QED) is 0.455. The maximum Gasteiger partial charge on any atom is 0.118 e. The van der Waals surface area contributed by atoms with Crippen LogP contribution < -0.4 is 4.74 Å². The van der Waals surface area contributed by atoms with Crippen molar-refractivity contribution in [2.45, 2.75) is 19.0 Å². The summed E-state index contributed by atoms with van der Waals surface area (Å²) in [5, 5.41) is 2.11. The number of fused-ring (bicyclic) bond motifs is 3. The molecule has 0 radical (unpaired) electrons. The zero-order chi connectivity index (χ0) is 19.8. The van der Waals surface area contributed by atoms with Gasteiger partial charge in [0.2, 0.25) is 0 Å². The van der Waals surface area contributed by atoms with Crippen molar-refractivity contribution >= 4 is 22.5 Å². The Morgan fingerprint density at radius 1 is 1.00 bits per heavy atom. The molecule has 0 unspecified atom stereocenters. The van der Waals surface area contributed by atoms with E-state index in [-0.39, 0.29) is 6.04 Å². The second-order valence-corrected chi connectivity index (χ2v) is 8.02. The molecule has 5 rings (SSSR count). The van der Waals surface area contributed by atoms with Gasteiger partial charge < -0.3 is 9.72 Å². The monoisotopic (exact) mass is 402 g/mol. The van der Waals surface area contributed by atoms with Crippen LogP contribution in [-0.2, 0) is 13.0 Å². The van der Waals surface area contributed by atoms with E-state index in [2.05, 4.69) is 58.4 Å². The average Bonchev–Trinajstić information content (AvgIpc) is 3.14. The number of aromatic amines is 1. The second kappa shape index (κ2) is 7.58. The third-order valence-electron chi connectivity index (χ3n) is 5.86. The minimum absolute atomic E-state index is 0.174. The number of benzene rings is 3. The number of rotatable bonds is 4. The van der Waals surface area contributed by atoms with Gasteiger partial charge in [-0.3, -0.25) is 4.90 Å². The van der Waals surface area contributed by atoms with E-state index in [9.17, 15) is 0 Å². The lowest BCUT2D eigenvalue weighted by Gasteiger charge is -2.36. The highest BCUT2D eigenvalue weighted by Crippen LogP contribution is 2.39. The average molecular weight is 403 g/mol. The van der Waals surface area contributed by atoms with Gasteiger partial charge in [-0.25, -0.2) is 0 Å². The van der Waals surface area contributed by atoms with Gasteiger partial charge in [-0.05, 0) is 53.4 Å². The van der Waals surface area contributed by atoms with E-state index in [0.29, 0.717) is 0 Å². The van der Waals surface area contributed by atoms with E-state index in [1.807, 2.05) is 24.3 Å². The number of para-hydroxylation sites is 1. The van der Waals surface area contributed by atoms with Gasteiger partial charge in [0, 0.05) is 34.7 Å². The first-order valence-corrected chi connectivity index (χ1v) is 10.3. The summed E-state index contributed by atoms with van der Waals surface area (Å²) in [6.45, 7) is 1.89. The van der Waals surface area contributed by atoms with Gasteiger partial charge in [0.25, 0.3) is 0 Å². The largest absolute Gasteiger partial charge is 0.497 e. The molecule has 4 heteroatoms. The predicted molar refractivity (Wildman–Crippen MR) is 119 cm³/mol. The molecule has 1 aliphatic heterocycles. The molecule has 1 atom stereocenters. The van der Waals surface area contributed by atoms with Crippen LogP contribution in [0.25, 0.3) is 10.9 Å². The number of hydrogen-bond acceptors (Lipinski definition) is 2. The number of methoxy groups -OCH3 is 1. The summed E-state index contributed by atoms with van der Waals surface area (Å²) in [6.07, 6.45) is 1.04. The minimum atomic E-state index is 0.174. The van der Waals surface area contributed by atoms with Crippen LogP contribution in [0.15, 0.2) is 72.8 Å². The minimum Gasteiger partial charge on any atom is -0.497 e. The first-order valence-electron chi connectivity index (χ1n) is 9.95. The van der Waals surface area contributed by atoms with E-state index in [1.54, 1.807) is 7.11 Å². The van der Waals surface area contributed by atoms with E-state index in [4.69, 9.17) is 16.3 Å². The number of halogens is 1. The topological polar surface area (TPSA) is 28.3 Å². The molecule has 0 aliphatic carbocycles. The summed E-state index contributed by atoms with van der Waals surface area (Å²) in [5.74, 6) is 0.880. The van der Waals surface area contributed by atoms with Crippen molar-refractivity contribution in [1.82, 2.24) is 9.88 Å². The van der Waals surface area contributed by atoms with Gasteiger partial charge >= 0.3 is 0 Å². The molecule has 1 aliphatic rings. The van der Waals surface area contributed by atoms with E-state index in [0.717, 1.165) is 30.3 Å². The van der Waals surface area contributed by atoms with E-state index in [1.165, 1.54) is 33.3 Å². The van der Waals surface area contributed by atoms with Crippen molar-refractivity contribution in [2.75, 3.05) is 13.7 Å². The zero-order valence-electron chi connectivity index (χ0n) is 16.4. The molecule has 146 valence electrons. The van der Waals surface area contributed by atoms with Crippen LogP contribution in [0.4, 0.5) is 0 Å². The number of aromatic nitrogens is 1. The number of nitrogens with one attached hydrogen (secondary N) is 1. The third-order valence-corrected chi connectivity index (χ3v) is 6.12. The van der Waals surface area contributed by atoms with Crippen LogP contribution in [0.1, 0.15) is 28.4 Å². The summed E-state index contributed by atoms with van der Waals surface area (Å²) >= 11 is 6.09. The Morgan fingerprint density at radius 3 is 2.52 bits per heavy atom. The lowest BCUT2D eigenvalue weighted by Crippen LogP contribution is -2.35. The standard InChI is InChI=1S/C25H23ClN2O/c1-29-20-12-8-18(9-13-20)25-24-22(21-4-2-3-5-23(21)27-24)14-15-28(25)16-17-6-10-19(26)11-7-17/h2-13,25,27H,14-16H2,1H3/t25-/m1/s1. The number of nitrogens with zero attached hydrogens (tertiary/aromatic N) is 1. The highest BCUT2D eigenvalue weighted by Gasteiger charge is 2.31. The molecule has 0 spiro atoms. The Labute approximate surface area is 175 Å². The number of hydrogen-bond donors (Lipinski definition) is 1. The fourth-order valence-electron chi connectivity index (χ4n) is 4.45. The third kappa shape index (κ3) is 3.41. The second-order valence-electron chi connectivity index (χ2n) is 7.59. The SMILES string of the molecule is COc1ccc([C@@H]2c3[nH]c4ccccc4c3CCN2Cc2ccc(Cl)cc2)cc1. The zero-order valence-corrected chi connectivity index (χ0v) is 17.1. The fraction of sp³-hybridized carbons (Fsp3) is 0.200. The van der Waals surface area contributed by atoms with Gasteiger partial charge in [0.05, 0.1) is 13.2 Å². The highest BCUT2D eigenvalue weighted by molar-refractivity contribution is 6.30. The Morgan fingerprint density at radius 2 is 1.76 bits per heavy atom. The first-order chi connectivity index (χ1) is 14.2. The molecule has 4 aromatic rings. The van der Waals surface area contributed by atoms with Crippen LogP contribution in [-0.4, -0.2) is 23.5 Å². The first kappa shape index (κ1) is 18.3. The van der Waals surface area contributed by atoms with Crippen LogP contribution in [0, 0.1) is 0 Å². The van der Waals surface area contributed by atoms with Crippen molar-refractivity contribution in [1.29, 1.82) is 0 Å². The van der Waals surface area contributed by atoms with Gasteiger partial charge in [0.15, 0.2) is 0 Å². The number of H-pyrrole nitrogens is 1. The Kier molecular flexibility index (Phi) is 4.78. The molecule has 2 heterocycles. The molecule has 0 saturated heterocycles. The van der Waals surface area contributed by atoms with E-state index >= 15 is 0 Å². The van der Waals surface area contributed by atoms with Crippen molar-refractivity contribution in [2.24, 2.45) is 0 Å². The lowest BCUT2D eigenvalue weighted by atomic mass is 9.92. The van der Waals surface area contributed by atoms with Gasteiger partial charge in [0.1, 0.15) is 5.75 Å². The Balaban J connectivity index is 1.59. The van der Waals surface area contributed by atoms with Crippen molar-refractivity contribution in [3.8, 4) is 5.75 Å². The molecule has 0 amide bonds. The lowest BCUT2D eigenvalue weighted by molar-refractivity contribution is 0.202. The van der Waals surface area contributed by atoms with Gasteiger partial charge in [-0.15, -0.1) is 0 Å². The van der Waals surface area contributed by atoms with Crippen LogP contribution >= 0.6 is 11.6 Å². The van der Waals surface area contributed by atoms with Crippen LogP contribution in [0.2, 0.25) is 5.02 Å².